The largest absolute Gasteiger partial charge is 0.486 e. The predicted molar refractivity (Wildman–Crippen MR) is 25.0 cm³/mol. The van der Waals surface area contributed by atoms with Gasteiger partial charge in [0.05, 0.1) is 0 Å². The first-order valence-corrected chi connectivity index (χ1v) is 1.66. The first kappa shape index (κ1) is 5.28. The SMILES string of the molecule is C=[C]OCC=C. The number of rotatable bonds is 3. The maximum absolute atomic E-state index is 4.50. The fourth-order valence-electron chi connectivity index (χ4n) is 0.118. The molecule has 0 amide bonds. The molecule has 1 radical (unpaired) electrons. The van der Waals surface area contributed by atoms with Crippen molar-refractivity contribution in [1.82, 2.24) is 0 Å². The van der Waals surface area contributed by atoms with Crippen LogP contribution in [0.5, 0.6) is 0 Å². The van der Waals surface area contributed by atoms with Gasteiger partial charge in [-0.15, -0.1) is 0 Å². The van der Waals surface area contributed by atoms with Gasteiger partial charge in [-0.1, -0.05) is 19.2 Å². The molecular weight excluding hydrogens is 76.1 g/mol. The quantitative estimate of drug-likeness (QED) is 0.282. The zero-order chi connectivity index (χ0) is 4.83. The van der Waals surface area contributed by atoms with E-state index in [1.165, 1.54) is 0 Å². The topological polar surface area (TPSA) is 9.23 Å². The Morgan fingerprint density at radius 3 is 2.67 bits per heavy atom. The monoisotopic (exact) mass is 83.0 g/mol. The van der Waals surface area contributed by atoms with Gasteiger partial charge < -0.3 is 4.74 Å². The summed E-state index contributed by atoms with van der Waals surface area (Å²) in [6.07, 6.45) is 3.88. The molecule has 1 heteroatoms. The van der Waals surface area contributed by atoms with Crippen LogP contribution in [0, 0.1) is 6.26 Å². The minimum atomic E-state index is 0.503. The van der Waals surface area contributed by atoms with Crippen molar-refractivity contribution in [2.45, 2.75) is 0 Å². The molecule has 0 heterocycles. The Balaban J connectivity index is 2.66. The van der Waals surface area contributed by atoms with Crippen molar-refractivity contribution in [1.29, 1.82) is 0 Å². The van der Waals surface area contributed by atoms with E-state index in [4.69, 9.17) is 0 Å². The van der Waals surface area contributed by atoms with Gasteiger partial charge in [0.15, 0.2) is 6.26 Å². The molecule has 0 spiro atoms. The second-order valence-electron chi connectivity index (χ2n) is 0.744. The molecule has 0 N–H and O–H groups in total. The van der Waals surface area contributed by atoms with Gasteiger partial charge in [-0.05, 0) is 0 Å². The molecule has 0 unspecified atom stereocenters. The van der Waals surface area contributed by atoms with Gasteiger partial charge in [0.25, 0.3) is 0 Å². The Labute approximate surface area is 37.9 Å². The summed E-state index contributed by atoms with van der Waals surface area (Å²) in [5.74, 6) is 0. The molecule has 0 aliphatic carbocycles. The maximum Gasteiger partial charge on any atom is 0.153 e. The van der Waals surface area contributed by atoms with Crippen LogP contribution in [-0.2, 0) is 4.74 Å². The maximum atomic E-state index is 4.50. The fraction of sp³-hybridized carbons (Fsp3) is 0.200. The molecule has 33 valence electrons. The lowest BCUT2D eigenvalue weighted by Crippen LogP contribution is -1.76. The van der Waals surface area contributed by atoms with E-state index in [0.717, 1.165) is 0 Å². The van der Waals surface area contributed by atoms with E-state index in [0.29, 0.717) is 6.61 Å². The summed E-state index contributed by atoms with van der Waals surface area (Å²) in [5, 5.41) is 0. The van der Waals surface area contributed by atoms with Crippen molar-refractivity contribution in [2.24, 2.45) is 0 Å². The Bertz CT molecular complexity index is 39.9. The Morgan fingerprint density at radius 2 is 2.50 bits per heavy atom. The second-order valence-corrected chi connectivity index (χ2v) is 0.744. The number of hydrogen-bond acceptors (Lipinski definition) is 1. The highest BCUT2D eigenvalue weighted by atomic mass is 16.5. The molecule has 0 saturated carbocycles. The van der Waals surface area contributed by atoms with Crippen LogP contribution in [0.15, 0.2) is 19.2 Å². The lowest BCUT2D eigenvalue weighted by atomic mass is 10.7. The highest BCUT2D eigenvalue weighted by Crippen LogP contribution is 1.68. The molecule has 0 fully saturated rings. The second kappa shape index (κ2) is 4.28. The molecule has 0 rings (SSSR count). The van der Waals surface area contributed by atoms with Crippen LogP contribution >= 0.6 is 0 Å². The van der Waals surface area contributed by atoms with Gasteiger partial charge in [-0.3, -0.25) is 0 Å². The predicted octanol–water partition coefficient (Wildman–Crippen LogP) is 1.14. The number of ether oxygens (including phenoxy) is 1. The zero-order valence-corrected chi connectivity index (χ0v) is 3.61. The van der Waals surface area contributed by atoms with Gasteiger partial charge in [0.1, 0.15) is 6.61 Å². The van der Waals surface area contributed by atoms with Crippen LogP contribution < -0.4 is 0 Å². The van der Waals surface area contributed by atoms with E-state index in [1.807, 2.05) is 0 Å². The molecule has 0 bridgehead atoms. The molecule has 0 aromatic heterocycles. The van der Waals surface area contributed by atoms with E-state index >= 15 is 0 Å². The van der Waals surface area contributed by atoms with E-state index in [2.05, 4.69) is 24.2 Å². The van der Waals surface area contributed by atoms with Crippen LogP contribution in [0.1, 0.15) is 0 Å². The Hall–Kier alpha value is -0.720. The molecule has 0 aromatic rings. The van der Waals surface area contributed by atoms with Crippen molar-refractivity contribution >= 4 is 0 Å². The molecule has 0 atom stereocenters. The third kappa shape index (κ3) is 3.28. The summed E-state index contributed by atoms with van der Waals surface area (Å²) in [4.78, 5) is 0. The summed E-state index contributed by atoms with van der Waals surface area (Å²) in [7, 11) is 0. The smallest absolute Gasteiger partial charge is 0.153 e. The van der Waals surface area contributed by atoms with Gasteiger partial charge in [0, 0.05) is 0 Å². The average Bonchev–Trinajstić information content (AvgIpc) is 1.61. The zero-order valence-electron chi connectivity index (χ0n) is 3.61. The van der Waals surface area contributed by atoms with Gasteiger partial charge in [0.2, 0.25) is 0 Å². The van der Waals surface area contributed by atoms with Gasteiger partial charge >= 0.3 is 0 Å². The van der Waals surface area contributed by atoms with Crippen molar-refractivity contribution in [3.63, 3.8) is 0 Å². The first-order valence-electron chi connectivity index (χ1n) is 1.66. The molecular formula is C5H7O. The normalized spacial score (nSPS) is 6.67. The van der Waals surface area contributed by atoms with Crippen LogP contribution in [0.3, 0.4) is 0 Å². The standard InChI is InChI=1S/C5H7O/c1-3-5-6-4-2/h3H,1-2,5H2. The van der Waals surface area contributed by atoms with Gasteiger partial charge in [-0.2, -0.15) is 0 Å². The van der Waals surface area contributed by atoms with E-state index in [-0.39, 0.29) is 0 Å². The summed E-state index contributed by atoms with van der Waals surface area (Å²) in [5.41, 5.74) is 0. The van der Waals surface area contributed by atoms with E-state index in [9.17, 15) is 0 Å². The van der Waals surface area contributed by atoms with E-state index in [1.54, 1.807) is 6.08 Å². The molecule has 6 heavy (non-hydrogen) atoms. The summed E-state index contributed by atoms with van der Waals surface area (Å²) in [6.45, 7) is 7.11. The highest BCUT2D eigenvalue weighted by Gasteiger charge is 1.63. The first-order chi connectivity index (χ1) is 2.91. The molecule has 0 saturated heterocycles. The Morgan fingerprint density at radius 1 is 1.83 bits per heavy atom. The summed E-state index contributed by atoms with van der Waals surface area (Å²) >= 11 is 0. The van der Waals surface area contributed by atoms with Crippen molar-refractivity contribution in [3.8, 4) is 0 Å². The average molecular weight is 83.1 g/mol. The highest BCUT2D eigenvalue weighted by molar-refractivity contribution is 4.64. The molecule has 0 aliphatic heterocycles. The van der Waals surface area contributed by atoms with Crippen LogP contribution in [-0.4, -0.2) is 6.61 Å². The van der Waals surface area contributed by atoms with Crippen molar-refractivity contribution in [2.75, 3.05) is 6.61 Å². The minimum Gasteiger partial charge on any atom is -0.486 e. The summed E-state index contributed by atoms with van der Waals surface area (Å²) in [6, 6.07) is 0. The van der Waals surface area contributed by atoms with Crippen LogP contribution in [0.4, 0.5) is 0 Å². The third-order valence-corrected chi connectivity index (χ3v) is 0.303. The van der Waals surface area contributed by atoms with Crippen molar-refractivity contribution in [3.05, 3.63) is 25.5 Å². The van der Waals surface area contributed by atoms with Gasteiger partial charge in [-0.25, -0.2) is 0 Å². The lowest BCUT2D eigenvalue weighted by Gasteiger charge is -1.84. The van der Waals surface area contributed by atoms with E-state index < -0.39 is 0 Å². The lowest BCUT2D eigenvalue weighted by molar-refractivity contribution is 0.268. The fourth-order valence-corrected chi connectivity index (χ4v) is 0.118. The van der Waals surface area contributed by atoms with Crippen LogP contribution in [0.25, 0.3) is 0 Å². The summed E-state index contributed by atoms with van der Waals surface area (Å²) < 4.78 is 4.50. The Kier molecular flexibility index (Phi) is 3.77. The minimum absolute atomic E-state index is 0.503. The van der Waals surface area contributed by atoms with Crippen molar-refractivity contribution < 1.29 is 4.74 Å². The van der Waals surface area contributed by atoms with Crippen LogP contribution in [0.2, 0.25) is 0 Å². The molecule has 0 aliphatic rings. The number of hydrogen-bond donors (Lipinski definition) is 0. The molecule has 0 aromatic carbocycles. The molecule has 1 nitrogen and oxygen atoms in total. The third-order valence-electron chi connectivity index (χ3n) is 0.303.